The van der Waals surface area contributed by atoms with Gasteiger partial charge in [-0.1, -0.05) is 18.2 Å². The highest BCUT2D eigenvalue weighted by Gasteiger charge is 2.16. The molecule has 2 aromatic carbocycles. The minimum atomic E-state index is -3.74. The molecule has 0 bridgehead atoms. The molecule has 1 N–H and O–H groups in total. The number of halogens is 1. The number of hydrogen-bond donors (Lipinski definition) is 1. The molecule has 0 unspecified atom stereocenters. The van der Waals surface area contributed by atoms with Crippen LogP contribution in [0.25, 0.3) is 0 Å². The Labute approximate surface area is 141 Å². The lowest BCUT2D eigenvalue weighted by Crippen LogP contribution is -2.23. The van der Waals surface area contributed by atoms with Gasteiger partial charge in [-0.2, -0.15) is 0 Å². The summed E-state index contributed by atoms with van der Waals surface area (Å²) in [4.78, 5) is 0.107. The van der Waals surface area contributed by atoms with Crippen LogP contribution in [0.1, 0.15) is 11.1 Å². The van der Waals surface area contributed by atoms with Crippen molar-refractivity contribution in [3.05, 3.63) is 59.4 Å². The molecule has 0 atom stereocenters. The second kappa shape index (κ2) is 8.23. The first-order valence-corrected chi connectivity index (χ1v) is 8.88. The van der Waals surface area contributed by atoms with Crippen LogP contribution < -0.4 is 9.46 Å². The highest BCUT2D eigenvalue weighted by Crippen LogP contribution is 2.22. The number of hydrogen-bond acceptors (Lipinski definition) is 4. The highest BCUT2D eigenvalue weighted by atomic mass is 32.2. The Morgan fingerprint density at radius 1 is 1.12 bits per heavy atom. The number of ether oxygens (including phenoxy) is 2. The summed E-state index contributed by atoms with van der Waals surface area (Å²) in [6.45, 7) is 2.48. The van der Waals surface area contributed by atoms with Gasteiger partial charge in [0.15, 0.2) is 0 Å². The Bertz CT molecular complexity index is 793. The topological polar surface area (TPSA) is 64.6 Å². The van der Waals surface area contributed by atoms with Crippen molar-refractivity contribution in [2.75, 3.05) is 20.3 Å². The maximum Gasteiger partial charge on any atom is 0.240 e. The zero-order chi connectivity index (χ0) is 17.6. The second-order valence-electron chi connectivity index (χ2n) is 5.18. The molecular weight excluding hydrogens is 333 g/mol. The summed E-state index contributed by atoms with van der Waals surface area (Å²) in [5.74, 6) is 0.151. The predicted octanol–water partition coefficient (Wildman–Crippen LogP) is 2.64. The first-order valence-electron chi connectivity index (χ1n) is 7.39. The van der Waals surface area contributed by atoms with Crippen LogP contribution in [0.5, 0.6) is 5.75 Å². The van der Waals surface area contributed by atoms with Crippen LogP contribution in [0.15, 0.2) is 47.4 Å². The largest absolute Gasteiger partial charge is 0.491 e. The number of benzene rings is 2. The van der Waals surface area contributed by atoms with E-state index in [1.54, 1.807) is 32.2 Å². The fraction of sp³-hybridized carbons (Fsp3) is 0.294. The number of rotatable bonds is 8. The SMILES string of the molecule is COCCOc1ccc(S(=O)(=O)NCc2ccccc2F)cc1C. The monoisotopic (exact) mass is 353 g/mol. The van der Waals surface area contributed by atoms with E-state index in [1.165, 1.54) is 24.3 Å². The lowest BCUT2D eigenvalue weighted by molar-refractivity contribution is 0.146. The number of aryl methyl sites for hydroxylation is 1. The fourth-order valence-corrected chi connectivity index (χ4v) is 3.18. The van der Waals surface area contributed by atoms with E-state index in [1.807, 2.05) is 0 Å². The third-order valence-electron chi connectivity index (χ3n) is 3.41. The molecule has 0 amide bonds. The summed E-state index contributed by atoms with van der Waals surface area (Å²) >= 11 is 0. The average molecular weight is 353 g/mol. The molecule has 0 aliphatic carbocycles. The Morgan fingerprint density at radius 3 is 2.54 bits per heavy atom. The summed E-state index contributed by atoms with van der Waals surface area (Å²) in [6, 6.07) is 10.6. The molecule has 5 nitrogen and oxygen atoms in total. The van der Waals surface area contributed by atoms with E-state index in [4.69, 9.17) is 9.47 Å². The Hall–Kier alpha value is -1.96. The van der Waals surface area contributed by atoms with Crippen LogP contribution in [0.4, 0.5) is 4.39 Å². The molecule has 0 aliphatic rings. The quantitative estimate of drug-likeness (QED) is 0.741. The van der Waals surface area contributed by atoms with E-state index in [0.29, 0.717) is 24.5 Å². The minimum absolute atomic E-state index is 0.107. The van der Waals surface area contributed by atoms with Crippen molar-refractivity contribution in [3.63, 3.8) is 0 Å². The Morgan fingerprint density at radius 2 is 1.88 bits per heavy atom. The predicted molar refractivity (Wildman–Crippen MR) is 89.0 cm³/mol. The van der Waals surface area contributed by atoms with Gasteiger partial charge in [0, 0.05) is 19.2 Å². The van der Waals surface area contributed by atoms with Gasteiger partial charge in [0.2, 0.25) is 10.0 Å². The molecule has 0 saturated heterocycles. The molecule has 130 valence electrons. The van der Waals surface area contributed by atoms with Crippen LogP contribution >= 0.6 is 0 Å². The average Bonchev–Trinajstić information content (AvgIpc) is 2.55. The summed E-state index contributed by atoms with van der Waals surface area (Å²) in [7, 11) is -2.16. The molecule has 0 spiro atoms. The van der Waals surface area contributed by atoms with Crippen LogP contribution in [-0.2, 0) is 21.3 Å². The van der Waals surface area contributed by atoms with E-state index in [9.17, 15) is 12.8 Å². The third kappa shape index (κ3) is 4.77. The van der Waals surface area contributed by atoms with Crippen molar-refractivity contribution in [1.29, 1.82) is 0 Å². The summed E-state index contributed by atoms with van der Waals surface area (Å²) < 4.78 is 51.1. The maximum atomic E-state index is 13.6. The minimum Gasteiger partial charge on any atom is -0.491 e. The van der Waals surface area contributed by atoms with E-state index >= 15 is 0 Å². The van der Waals surface area contributed by atoms with Crippen molar-refractivity contribution in [1.82, 2.24) is 4.72 Å². The molecule has 7 heteroatoms. The van der Waals surface area contributed by atoms with Crippen molar-refractivity contribution in [3.8, 4) is 5.75 Å². The van der Waals surface area contributed by atoms with Gasteiger partial charge in [0.1, 0.15) is 18.2 Å². The van der Waals surface area contributed by atoms with Crippen molar-refractivity contribution >= 4 is 10.0 Å². The molecule has 0 saturated carbocycles. The molecule has 0 heterocycles. The van der Waals surface area contributed by atoms with Gasteiger partial charge in [-0.3, -0.25) is 0 Å². The molecule has 0 radical (unpaired) electrons. The van der Waals surface area contributed by atoms with Crippen molar-refractivity contribution < 1.29 is 22.3 Å². The number of nitrogens with one attached hydrogen (secondary N) is 1. The van der Waals surface area contributed by atoms with Gasteiger partial charge in [-0.05, 0) is 36.8 Å². The Balaban J connectivity index is 2.09. The van der Waals surface area contributed by atoms with Crippen LogP contribution in [0, 0.1) is 12.7 Å². The highest BCUT2D eigenvalue weighted by molar-refractivity contribution is 7.89. The van der Waals surface area contributed by atoms with Crippen LogP contribution in [0.3, 0.4) is 0 Å². The van der Waals surface area contributed by atoms with E-state index < -0.39 is 15.8 Å². The normalized spacial score (nSPS) is 11.5. The number of methoxy groups -OCH3 is 1. The van der Waals surface area contributed by atoms with Gasteiger partial charge in [-0.15, -0.1) is 0 Å². The smallest absolute Gasteiger partial charge is 0.240 e. The fourth-order valence-electron chi connectivity index (χ4n) is 2.08. The lowest BCUT2D eigenvalue weighted by Gasteiger charge is -2.12. The van der Waals surface area contributed by atoms with Gasteiger partial charge in [0.05, 0.1) is 11.5 Å². The number of sulfonamides is 1. The van der Waals surface area contributed by atoms with Gasteiger partial charge in [-0.25, -0.2) is 17.5 Å². The molecule has 2 aromatic rings. The van der Waals surface area contributed by atoms with Crippen LogP contribution in [0.2, 0.25) is 0 Å². The summed E-state index contributed by atoms with van der Waals surface area (Å²) in [5, 5.41) is 0. The third-order valence-corrected chi connectivity index (χ3v) is 4.81. The van der Waals surface area contributed by atoms with Gasteiger partial charge >= 0.3 is 0 Å². The summed E-state index contributed by atoms with van der Waals surface area (Å²) in [6.07, 6.45) is 0. The van der Waals surface area contributed by atoms with Gasteiger partial charge in [0.25, 0.3) is 0 Å². The zero-order valence-corrected chi connectivity index (χ0v) is 14.4. The van der Waals surface area contributed by atoms with Gasteiger partial charge < -0.3 is 9.47 Å². The lowest BCUT2D eigenvalue weighted by atomic mass is 10.2. The van der Waals surface area contributed by atoms with Crippen molar-refractivity contribution in [2.24, 2.45) is 0 Å². The van der Waals surface area contributed by atoms with E-state index in [0.717, 1.165) is 0 Å². The molecular formula is C17H20FNO4S. The molecule has 0 aliphatic heterocycles. The van der Waals surface area contributed by atoms with Crippen molar-refractivity contribution in [2.45, 2.75) is 18.4 Å². The Kier molecular flexibility index (Phi) is 6.30. The molecule has 0 fully saturated rings. The molecule has 2 rings (SSSR count). The molecule has 0 aromatic heterocycles. The second-order valence-corrected chi connectivity index (χ2v) is 6.95. The standard InChI is InChI=1S/C17H20FNO4S/c1-13-11-15(7-8-17(13)23-10-9-22-2)24(20,21)19-12-14-5-3-4-6-16(14)18/h3-8,11,19H,9-10,12H2,1-2H3. The first-order chi connectivity index (χ1) is 11.4. The molecule has 24 heavy (non-hydrogen) atoms. The maximum absolute atomic E-state index is 13.6. The van der Waals surface area contributed by atoms with E-state index in [2.05, 4.69) is 4.72 Å². The van der Waals surface area contributed by atoms with E-state index in [-0.39, 0.29) is 17.0 Å². The van der Waals surface area contributed by atoms with Crippen LogP contribution in [-0.4, -0.2) is 28.7 Å². The summed E-state index contributed by atoms with van der Waals surface area (Å²) in [5.41, 5.74) is 0.984. The first kappa shape index (κ1) is 18.4. The zero-order valence-electron chi connectivity index (χ0n) is 13.6.